The van der Waals surface area contributed by atoms with Gasteiger partial charge in [0.2, 0.25) is 17.7 Å². The molecule has 0 saturated carbocycles. The Kier molecular flexibility index (Phi) is 12.6. The van der Waals surface area contributed by atoms with Crippen molar-refractivity contribution in [3.05, 3.63) is 42.0 Å². The minimum Gasteiger partial charge on any atom is -0.317 e. The number of hydrogen-bond donors (Lipinski definition) is 4. The molecule has 1 fully saturated rings. The summed E-state index contributed by atoms with van der Waals surface area (Å²) in [6, 6.07) is 9.69. The molecule has 8 nitrogen and oxygen atoms in total. The maximum absolute atomic E-state index is 13.6. The van der Waals surface area contributed by atoms with E-state index < -0.39 is 17.7 Å². The molecular formula is C28H44N4O4. The smallest absolute Gasteiger partial charge is 0.247 e. The molecule has 0 radical (unpaired) electrons. The molecule has 0 bridgehead atoms. The lowest BCUT2D eigenvalue weighted by Gasteiger charge is -2.32. The average Bonchev–Trinajstić information content (AvgIpc) is 2.85. The van der Waals surface area contributed by atoms with Gasteiger partial charge in [-0.3, -0.25) is 30.0 Å². The van der Waals surface area contributed by atoms with Crippen LogP contribution in [-0.4, -0.2) is 47.6 Å². The van der Waals surface area contributed by atoms with Gasteiger partial charge >= 0.3 is 0 Å². The Hall–Kier alpha value is -2.71. The standard InChI is InChI=1S/C28H44N4O4/c1-20(2)17-25(24(28(35)31-36)12-8-11-22-9-6-5-7-10-22)27(34)30-32(19-21(3)4)26(33)18-23-13-15-29-16-14-23/h5-11,20-21,23-25,29,36H,12-19H2,1-4H3,(H,30,34)(H,31,35)/t24-,25+/m0/s1. The van der Waals surface area contributed by atoms with Crippen LogP contribution in [0.5, 0.6) is 0 Å². The van der Waals surface area contributed by atoms with Crippen LogP contribution in [0.4, 0.5) is 0 Å². The molecule has 4 N–H and O–H groups in total. The summed E-state index contributed by atoms with van der Waals surface area (Å²) in [4.78, 5) is 39.4. The number of hydrazine groups is 1. The van der Waals surface area contributed by atoms with Gasteiger partial charge < -0.3 is 5.32 Å². The SMILES string of the molecule is CC(C)C[C@@H](C(=O)NN(CC(C)C)C(=O)CC1CCNCC1)[C@H](CC=Cc1ccccc1)C(=O)NO. The van der Waals surface area contributed by atoms with E-state index in [4.69, 9.17) is 0 Å². The van der Waals surface area contributed by atoms with Gasteiger partial charge in [-0.05, 0) is 62.1 Å². The molecule has 1 aromatic carbocycles. The van der Waals surface area contributed by atoms with Crippen molar-refractivity contribution in [2.45, 2.75) is 59.8 Å². The quantitative estimate of drug-likeness (QED) is 0.258. The number of rotatable bonds is 12. The van der Waals surface area contributed by atoms with E-state index in [1.54, 1.807) is 5.48 Å². The second-order valence-electron chi connectivity index (χ2n) is 10.6. The van der Waals surface area contributed by atoms with Crippen LogP contribution in [0.15, 0.2) is 36.4 Å². The number of piperidine rings is 1. The van der Waals surface area contributed by atoms with Gasteiger partial charge in [-0.15, -0.1) is 0 Å². The van der Waals surface area contributed by atoms with Crippen molar-refractivity contribution in [2.24, 2.45) is 29.6 Å². The van der Waals surface area contributed by atoms with Crippen molar-refractivity contribution in [1.82, 2.24) is 21.2 Å². The monoisotopic (exact) mass is 500 g/mol. The third kappa shape index (κ3) is 10.1. The molecule has 1 aliphatic heterocycles. The largest absolute Gasteiger partial charge is 0.317 e. The van der Waals surface area contributed by atoms with Crippen LogP contribution in [0.2, 0.25) is 0 Å². The molecule has 1 heterocycles. The average molecular weight is 501 g/mol. The summed E-state index contributed by atoms with van der Waals surface area (Å²) in [5, 5.41) is 14.2. The minimum absolute atomic E-state index is 0.0978. The molecule has 36 heavy (non-hydrogen) atoms. The summed E-state index contributed by atoms with van der Waals surface area (Å²) in [5.74, 6) is -1.97. The minimum atomic E-state index is -0.780. The highest BCUT2D eigenvalue weighted by Gasteiger charge is 2.35. The van der Waals surface area contributed by atoms with Crippen molar-refractivity contribution >= 4 is 23.8 Å². The Balaban J connectivity index is 2.19. The van der Waals surface area contributed by atoms with Crippen LogP contribution in [0.1, 0.15) is 65.4 Å². The van der Waals surface area contributed by atoms with E-state index >= 15 is 0 Å². The van der Waals surface area contributed by atoms with Crippen LogP contribution in [0, 0.1) is 29.6 Å². The number of nitrogens with one attached hydrogen (secondary N) is 3. The highest BCUT2D eigenvalue weighted by molar-refractivity contribution is 5.89. The van der Waals surface area contributed by atoms with E-state index in [0.29, 0.717) is 25.3 Å². The van der Waals surface area contributed by atoms with Gasteiger partial charge in [-0.1, -0.05) is 70.2 Å². The van der Waals surface area contributed by atoms with Crippen LogP contribution in [0.25, 0.3) is 6.08 Å². The number of allylic oxidation sites excluding steroid dienone is 1. The third-order valence-electron chi connectivity index (χ3n) is 6.51. The first-order valence-corrected chi connectivity index (χ1v) is 13.2. The third-order valence-corrected chi connectivity index (χ3v) is 6.51. The zero-order chi connectivity index (χ0) is 26.5. The van der Waals surface area contributed by atoms with E-state index in [2.05, 4.69) is 10.7 Å². The molecule has 200 valence electrons. The lowest BCUT2D eigenvalue weighted by atomic mass is 9.82. The number of hydroxylamine groups is 1. The normalized spacial score (nSPS) is 16.2. The molecule has 2 atom stereocenters. The topological polar surface area (TPSA) is 111 Å². The van der Waals surface area contributed by atoms with E-state index in [1.807, 2.05) is 70.2 Å². The van der Waals surface area contributed by atoms with Gasteiger partial charge in [0, 0.05) is 13.0 Å². The summed E-state index contributed by atoms with van der Waals surface area (Å²) in [6.07, 6.45) is 6.75. The first kappa shape index (κ1) is 29.5. The van der Waals surface area contributed by atoms with Crippen molar-refractivity contribution in [3.8, 4) is 0 Å². The first-order chi connectivity index (χ1) is 17.2. The Morgan fingerprint density at radius 2 is 1.69 bits per heavy atom. The van der Waals surface area contributed by atoms with Gasteiger partial charge in [-0.2, -0.15) is 0 Å². The second-order valence-corrected chi connectivity index (χ2v) is 10.6. The van der Waals surface area contributed by atoms with Crippen molar-refractivity contribution < 1.29 is 19.6 Å². The van der Waals surface area contributed by atoms with Crippen LogP contribution < -0.4 is 16.2 Å². The highest BCUT2D eigenvalue weighted by atomic mass is 16.5. The summed E-state index contributed by atoms with van der Waals surface area (Å²) in [6.45, 7) is 10.2. The molecule has 0 unspecified atom stereocenters. The number of carbonyl (C=O) groups is 3. The molecule has 1 saturated heterocycles. The number of hydrogen-bond acceptors (Lipinski definition) is 5. The van der Waals surface area contributed by atoms with Gasteiger partial charge in [0.15, 0.2) is 0 Å². The molecular weight excluding hydrogens is 456 g/mol. The Bertz CT molecular complexity index is 850. The van der Waals surface area contributed by atoms with Gasteiger partial charge in [0.25, 0.3) is 0 Å². The number of amides is 3. The molecule has 3 amide bonds. The van der Waals surface area contributed by atoms with E-state index in [1.165, 1.54) is 5.01 Å². The van der Waals surface area contributed by atoms with Crippen LogP contribution in [0.3, 0.4) is 0 Å². The van der Waals surface area contributed by atoms with Gasteiger partial charge in [0.05, 0.1) is 11.8 Å². The summed E-state index contributed by atoms with van der Waals surface area (Å²) < 4.78 is 0. The summed E-state index contributed by atoms with van der Waals surface area (Å²) >= 11 is 0. The lowest BCUT2D eigenvalue weighted by Crippen LogP contribution is -2.52. The number of carbonyl (C=O) groups excluding carboxylic acids is 3. The highest BCUT2D eigenvalue weighted by Crippen LogP contribution is 2.26. The van der Waals surface area contributed by atoms with E-state index in [9.17, 15) is 19.6 Å². The zero-order valence-corrected chi connectivity index (χ0v) is 22.2. The van der Waals surface area contributed by atoms with Crippen molar-refractivity contribution in [3.63, 3.8) is 0 Å². The second kappa shape index (κ2) is 15.4. The van der Waals surface area contributed by atoms with E-state index in [-0.39, 0.29) is 30.1 Å². The Labute approximate surface area is 215 Å². The number of benzene rings is 1. The van der Waals surface area contributed by atoms with Gasteiger partial charge in [0.1, 0.15) is 0 Å². The zero-order valence-electron chi connectivity index (χ0n) is 22.2. The maximum atomic E-state index is 13.6. The van der Waals surface area contributed by atoms with Crippen molar-refractivity contribution in [2.75, 3.05) is 19.6 Å². The fourth-order valence-electron chi connectivity index (χ4n) is 4.65. The maximum Gasteiger partial charge on any atom is 0.247 e. The van der Waals surface area contributed by atoms with Crippen LogP contribution >= 0.6 is 0 Å². The predicted octanol–water partition coefficient (Wildman–Crippen LogP) is 3.78. The summed E-state index contributed by atoms with van der Waals surface area (Å²) in [5.41, 5.74) is 5.58. The van der Waals surface area contributed by atoms with Crippen LogP contribution in [-0.2, 0) is 14.4 Å². The molecule has 1 aromatic rings. The molecule has 0 aliphatic carbocycles. The van der Waals surface area contributed by atoms with Crippen molar-refractivity contribution in [1.29, 1.82) is 0 Å². The fraction of sp³-hybridized carbons (Fsp3) is 0.607. The fourth-order valence-corrected chi connectivity index (χ4v) is 4.65. The first-order valence-electron chi connectivity index (χ1n) is 13.2. The molecule has 8 heteroatoms. The molecule has 1 aliphatic rings. The van der Waals surface area contributed by atoms with Gasteiger partial charge in [-0.25, -0.2) is 5.48 Å². The lowest BCUT2D eigenvalue weighted by molar-refractivity contribution is -0.148. The Morgan fingerprint density at radius 3 is 2.28 bits per heavy atom. The molecule has 0 aromatic heterocycles. The Morgan fingerprint density at radius 1 is 1.03 bits per heavy atom. The number of nitrogens with zero attached hydrogens (tertiary/aromatic N) is 1. The molecule has 2 rings (SSSR count). The molecule has 0 spiro atoms. The predicted molar refractivity (Wildman–Crippen MR) is 141 cm³/mol. The summed E-state index contributed by atoms with van der Waals surface area (Å²) in [7, 11) is 0. The van der Waals surface area contributed by atoms with E-state index in [0.717, 1.165) is 31.5 Å².